The highest BCUT2D eigenvalue weighted by atomic mass is 35.5. The highest BCUT2D eigenvalue weighted by Crippen LogP contribution is 2.26. The van der Waals surface area contributed by atoms with Crippen molar-refractivity contribution in [3.05, 3.63) is 64.0 Å². The zero-order chi connectivity index (χ0) is 16.6. The third-order valence-electron chi connectivity index (χ3n) is 3.27. The maximum absolute atomic E-state index is 13.2. The molecular weight excluding hydrogens is 342 g/mol. The van der Waals surface area contributed by atoms with Gasteiger partial charge in [0.1, 0.15) is 5.82 Å². The molecule has 0 spiro atoms. The van der Waals surface area contributed by atoms with Crippen molar-refractivity contribution in [2.24, 2.45) is 0 Å². The minimum absolute atomic E-state index is 0.149. The number of anilines is 1. The second-order valence-electron chi connectivity index (χ2n) is 4.80. The van der Waals surface area contributed by atoms with Gasteiger partial charge in [0.05, 0.1) is 16.3 Å². The number of carbonyl (C=O) groups excluding carboxylic acids is 2. The quantitative estimate of drug-likeness (QED) is 0.542. The third-order valence-corrected chi connectivity index (χ3v) is 3.84. The van der Waals surface area contributed by atoms with E-state index in [-0.39, 0.29) is 16.3 Å². The standard InChI is InChI=1S/C16H9Cl2FN2O2/c17-8-1-4-12(18)14(5-8)21-16(23)15(22)11-7-20-13-6-9(19)2-3-10(11)13/h1-7,20H,(H,21,23). The van der Waals surface area contributed by atoms with Crippen LogP contribution in [0.2, 0.25) is 10.0 Å². The zero-order valence-corrected chi connectivity index (χ0v) is 13.0. The number of fused-ring (bicyclic) bond motifs is 1. The van der Waals surface area contributed by atoms with Gasteiger partial charge in [0, 0.05) is 22.1 Å². The first-order valence-corrected chi connectivity index (χ1v) is 7.28. The number of H-pyrrole nitrogens is 1. The molecule has 0 atom stereocenters. The predicted octanol–water partition coefficient (Wildman–Crippen LogP) is 4.44. The van der Waals surface area contributed by atoms with Crippen molar-refractivity contribution in [2.75, 3.05) is 5.32 Å². The number of aromatic amines is 1. The molecule has 3 rings (SSSR count). The van der Waals surface area contributed by atoms with E-state index < -0.39 is 17.5 Å². The molecule has 7 heteroatoms. The van der Waals surface area contributed by atoms with Gasteiger partial charge in [0.25, 0.3) is 11.7 Å². The first-order valence-electron chi connectivity index (χ1n) is 6.53. The molecule has 116 valence electrons. The molecule has 0 aliphatic rings. The zero-order valence-electron chi connectivity index (χ0n) is 11.5. The Hall–Kier alpha value is -2.37. The molecule has 0 aliphatic heterocycles. The number of aromatic nitrogens is 1. The molecule has 3 aromatic rings. The van der Waals surface area contributed by atoms with E-state index in [1.54, 1.807) is 6.07 Å². The number of carbonyl (C=O) groups is 2. The van der Waals surface area contributed by atoms with E-state index in [2.05, 4.69) is 10.3 Å². The smallest absolute Gasteiger partial charge is 0.296 e. The molecule has 4 nitrogen and oxygen atoms in total. The summed E-state index contributed by atoms with van der Waals surface area (Å²) in [6.07, 6.45) is 1.37. The van der Waals surface area contributed by atoms with E-state index in [9.17, 15) is 14.0 Å². The molecule has 0 fully saturated rings. The second kappa shape index (κ2) is 6.02. The van der Waals surface area contributed by atoms with Gasteiger partial charge in [-0.05, 0) is 36.4 Å². The summed E-state index contributed by atoms with van der Waals surface area (Å²) in [4.78, 5) is 27.2. The normalized spacial score (nSPS) is 10.7. The van der Waals surface area contributed by atoms with Crippen LogP contribution >= 0.6 is 23.2 Å². The van der Waals surface area contributed by atoms with E-state index in [1.165, 1.54) is 36.5 Å². The fourth-order valence-corrected chi connectivity index (χ4v) is 2.52. The average Bonchev–Trinajstić information content (AvgIpc) is 2.93. The molecule has 1 amide bonds. The molecule has 1 heterocycles. The molecule has 0 saturated carbocycles. The van der Waals surface area contributed by atoms with Gasteiger partial charge in [-0.1, -0.05) is 23.2 Å². The van der Waals surface area contributed by atoms with Gasteiger partial charge in [-0.25, -0.2) is 4.39 Å². The summed E-state index contributed by atoms with van der Waals surface area (Å²) in [7, 11) is 0. The van der Waals surface area contributed by atoms with Crippen molar-refractivity contribution in [2.45, 2.75) is 0 Å². The molecule has 0 unspecified atom stereocenters. The van der Waals surface area contributed by atoms with E-state index >= 15 is 0 Å². The van der Waals surface area contributed by atoms with Crippen molar-refractivity contribution < 1.29 is 14.0 Å². The van der Waals surface area contributed by atoms with E-state index in [1.807, 2.05) is 0 Å². The highest BCUT2D eigenvalue weighted by Gasteiger charge is 2.21. The van der Waals surface area contributed by atoms with Crippen LogP contribution in [0.1, 0.15) is 10.4 Å². The summed E-state index contributed by atoms with van der Waals surface area (Å²) in [5, 5.41) is 3.52. The number of hydrogen-bond donors (Lipinski definition) is 2. The van der Waals surface area contributed by atoms with Crippen molar-refractivity contribution in [3.63, 3.8) is 0 Å². The van der Waals surface area contributed by atoms with Gasteiger partial charge in [-0.3, -0.25) is 9.59 Å². The number of nitrogens with one attached hydrogen (secondary N) is 2. The minimum atomic E-state index is -0.862. The van der Waals surface area contributed by atoms with Crippen molar-refractivity contribution >= 4 is 51.5 Å². The largest absolute Gasteiger partial charge is 0.360 e. The van der Waals surface area contributed by atoms with Gasteiger partial charge in [-0.2, -0.15) is 0 Å². The number of hydrogen-bond acceptors (Lipinski definition) is 2. The first-order chi connectivity index (χ1) is 11.0. The van der Waals surface area contributed by atoms with Crippen LogP contribution in [0.15, 0.2) is 42.6 Å². The van der Waals surface area contributed by atoms with Crippen molar-refractivity contribution in [3.8, 4) is 0 Å². The summed E-state index contributed by atoms with van der Waals surface area (Å²) in [6, 6.07) is 8.43. The Morgan fingerprint density at radius 1 is 1.09 bits per heavy atom. The molecular formula is C16H9Cl2FN2O2. The number of rotatable bonds is 3. The van der Waals surface area contributed by atoms with Crippen LogP contribution in [0, 0.1) is 5.82 Å². The Balaban J connectivity index is 1.89. The first kappa shape index (κ1) is 15.5. The van der Waals surface area contributed by atoms with Gasteiger partial charge >= 0.3 is 0 Å². The van der Waals surface area contributed by atoms with Crippen LogP contribution in [0.5, 0.6) is 0 Å². The lowest BCUT2D eigenvalue weighted by atomic mass is 10.1. The van der Waals surface area contributed by atoms with Gasteiger partial charge in [0.15, 0.2) is 0 Å². The van der Waals surface area contributed by atoms with Crippen LogP contribution in [-0.4, -0.2) is 16.7 Å². The Labute approximate surface area is 140 Å². The van der Waals surface area contributed by atoms with E-state index in [0.29, 0.717) is 15.9 Å². The SMILES string of the molecule is O=C(Nc1cc(Cl)ccc1Cl)C(=O)c1c[nH]c2cc(F)ccc12. The van der Waals surface area contributed by atoms with Crippen molar-refractivity contribution in [1.29, 1.82) is 0 Å². The fourth-order valence-electron chi connectivity index (χ4n) is 2.18. The summed E-state index contributed by atoms with van der Waals surface area (Å²) in [5.74, 6) is -2.06. The topological polar surface area (TPSA) is 62.0 Å². The van der Waals surface area contributed by atoms with Crippen LogP contribution in [0.3, 0.4) is 0 Å². The molecule has 2 N–H and O–H groups in total. The monoisotopic (exact) mass is 350 g/mol. The number of halogens is 3. The Morgan fingerprint density at radius 3 is 2.65 bits per heavy atom. The lowest BCUT2D eigenvalue weighted by Gasteiger charge is -2.06. The molecule has 0 aliphatic carbocycles. The Bertz CT molecular complexity index is 937. The number of Topliss-reactive ketones (excluding diaryl/α,β-unsaturated/α-hetero) is 1. The number of ketones is 1. The molecule has 0 radical (unpaired) electrons. The summed E-state index contributed by atoms with van der Waals surface area (Å²) in [6.45, 7) is 0. The Kier molecular flexibility index (Phi) is 4.07. The second-order valence-corrected chi connectivity index (χ2v) is 5.64. The molecule has 0 bridgehead atoms. The maximum Gasteiger partial charge on any atom is 0.296 e. The molecule has 23 heavy (non-hydrogen) atoms. The van der Waals surface area contributed by atoms with Gasteiger partial charge in [-0.15, -0.1) is 0 Å². The molecule has 1 aromatic heterocycles. The minimum Gasteiger partial charge on any atom is -0.360 e. The number of amides is 1. The van der Waals surface area contributed by atoms with E-state index in [0.717, 1.165) is 0 Å². The summed E-state index contributed by atoms with van der Waals surface area (Å²) >= 11 is 11.8. The van der Waals surface area contributed by atoms with Crippen LogP contribution < -0.4 is 5.32 Å². The Morgan fingerprint density at radius 2 is 1.87 bits per heavy atom. The highest BCUT2D eigenvalue weighted by molar-refractivity contribution is 6.49. The average molecular weight is 351 g/mol. The molecule has 2 aromatic carbocycles. The van der Waals surface area contributed by atoms with Crippen LogP contribution in [0.25, 0.3) is 10.9 Å². The van der Waals surface area contributed by atoms with Gasteiger partial charge < -0.3 is 10.3 Å². The maximum atomic E-state index is 13.2. The fraction of sp³-hybridized carbons (Fsp3) is 0. The van der Waals surface area contributed by atoms with Gasteiger partial charge in [0.2, 0.25) is 0 Å². The molecule has 0 saturated heterocycles. The van der Waals surface area contributed by atoms with Crippen LogP contribution in [-0.2, 0) is 4.79 Å². The number of benzene rings is 2. The lowest BCUT2D eigenvalue weighted by molar-refractivity contribution is -0.112. The predicted molar refractivity (Wildman–Crippen MR) is 87.7 cm³/mol. The van der Waals surface area contributed by atoms with Crippen LogP contribution in [0.4, 0.5) is 10.1 Å². The third kappa shape index (κ3) is 3.06. The summed E-state index contributed by atoms with van der Waals surface area (Å²) in [5.41, 5.74) is 0.820. The van der Waals surface area contributed by atoms with E-state index in [4.69, 9.17) is 23.2 Å². The lowest BCUT2D eigenvalue weighted by Crippen LogP contribution is -2.22. The summed E-state index contributed by atoms with van der Waals surface area (Å²) < 4.78 is 13.2. The van der Waals surface area contributed by atoms with Crippen molar-refractivity contribution in [1.82, 2.24) is 4.98 Å².